The van der Waals surface area contributed by atoms with E-state index in [1.54, 1.807) is 51.1 Å². The van der Waals surface area contributed by atoms with Gasteiger partial charge in [-0.3, -0.25) is 33.6 Å². The largest absolute Gasteiger partial charge is 0.459 e. The molecule has 9 N–H and O–H groups in total. The van der Waals surface area contributed by atoms with Crippen LogP contribution in [0.15, 0.2) is 60.2 Å². The van der Waals surface area contributed by atoms with Crippen LogP contribution >= 0.6 is 15.9 Å². The molecule has 11 atom stereocenters. The van der Waals surface area contributed by atoms with E-state index in [0.29, 0.717) is 110 Å². The molecular formula is C68H106BrN7O21. The average Bonchev–Trinajstić information content (AvgIpc) is 1.60. The average molecular weight is 1440 g/mol. The summed E-state index contributed by atoms with van der Waals surface area (Å²) in [6.45, 7) is 17.8. The Morgan fingerprint density at radius 3 is 1.98 bits per heavy atom. The lowest BCUT2D eigenvalue weighted by atomic mass is 9.86. The Hall–Kier alpha value is -6.25. The molecule has 1 unspecified atom stereocenters. The Bertz CT molecular complexity index is 2680. The Morgan fingerprint density at radius 1 is 0.763 bits per heavy atom. The van der Waals surface area contributed by atoms with E-state index in [1.807, 2.05) is 19.9 Å². The summed E-state index contributed by atoms with van der Waals surface area (Å²) in [4.78, 5) is 113. The van der Waals surface area contributed by atoms with Crippen molar-refractivity contribution in [1.82, 2.24) is 26.6 Å². The number of Topliss-reactive ketones (excluding diaryl/α,β-unsaturated/α-hetero) is 2. The molecule has 3 aliphatic heterocycles. The lowest BCUT2D eigenvalue weighted by molar-refractivity contribution is -0.144. The van der Waals surface area contributed by atoms with E-state index >= 15 is 0 Å². The highest BCUT2D eigenvalue weighted by Gasteiger charge is 2.58. The van der Waals surface area contributed by atoms with E-state index in [4.69, 9.17) is 57.8 Å². The molecule has 0 aliphatic carbocycles. The van der Waals surface area contributed by atoms with Crippen molar-refractivity contribution in [2.45, 2.75) is 174 Å². The number of hydrogen-bond acceptors (Lipinski definition) is 21. The normalized spacial score (nSPS) is 21.8. The highest BCUT2D eigenvalue weighted by Crippen LogP contribution is 2.43. The number of carbonyl (C=O) groups excluding carboxylic acids is 9. The van der Waals surface area contributed by atoms with E-state index in [0.717, 1.165) is 12.0 Å². The molecule has 97 heavy (non-hydrogen) atoms. The zero-order valence-corrected chi connectivity index (χ0v) is 59.0. The number of benzene rings is 1. The number of halogens is 1. The number of urea groups is 1. The standard InChI is InChI=1S/C68H106BrN7O21/c1-45(2)63(76-61(81)22-26-87-28-30-89-32-34-91-36-37-92-35-33-90-31-29-88-27-25-71-62(82)42-69)57(79)39-52(10-8-23-72-66(70)85)65(84)74-53-17-15-51(16-18-53)43-93-67(86)73-24-9-11-54(78)40-55-41-68(44-94-68)64(83)59(97-55)20-13-46(3)12-19-58-47(4)38-56(49(6)96-58)75-60(80)21-14-48(5)95-50(7)77/h12-18,20-21,45,47-49,52,55-56,58-59,63-64,83H,8-11,19,22-44H2,1-7H3,(H,71,82)(H,73,86)(H,74,84)(H,75,80)(H,76,81)(H3,70,72,85)/b20-13+,21-14-,46-12+/t47-,48-,49+,52+,55?,56+,58-,59+,63-,64+,68+/m0/s1. The molecule has 4 rings (SSSR count). The van der Waals surface area contributed by atoms with Gasteiger partial charge in [-0.15, -0.1) is 0 Å². The number of ketones is 2. The van der Waals surface area contributed by atoms with Gasteiger partial charge in [-0.1, -0.05) is 72.6 Å². The molecule has 0 bridgehead atoms. The Morgan fingerprint density at radius 2 is 1.38 bits per heavy atom. The van der Waals surface area contributed by atoms with Gasteiger partial charge in [0.15, 0.2) is 5.78 Å². The molecule has 546 valence electrons. The van der Waals surface area contributed by atoms with Crippen molar-refractivity contribution < 1.29 is 100 Å². The lowest BCUT2D eigenvalue weighted by Crippen LogP contribution is -2.50. The molecule has 1 aromatic carbocycles. The quantitative estimate of drug-likeness (QED) is 0.0109. The predicted molar refractivity (Wildman–Crippen MR) is 361 cm³/mol. The second-order valence-electron chi connectivity index (χ2n) is 24.7. The molecule has 1 spiro atoms. The highest BCUT2D eigenvalue weighted by molar-refractivity contribution is 9.09. The van der Waals surface area contributed by atoms with Crippen molar-refractivity contribution in [3.05, 3.63) is 65.8 Å². The number of alkyl carbamates (subject to hydrolysis) is 1. The number of esters is 1. The number of hydrogen-bond donors (Lipinski definition) is 8. The molecule has 29 heteroatoms. The number of ether oxygens (including phenoxy) is 11. The van der Waals surface area contributed by atoms with Crippen LogP contribution in [0.1, 0.15) is 118 Å². The van der Waals surface area contributed by atoms with Crippen LogP contribution < -0.4 is 37.6 Å². The van der Waals surface area contributed by atoms with Gasteiger partial charge in [0.25, 0.3) is 0 Å². The Labute approximate surface area is 578 Å². The van der Waals surface area contributed by atoms with Crippen LogP contribution in [-0.4, -0.2) is 224 Å². The molecule has 0 aromatic heterocycles. The van der Waals surface area contributed by atoms with Crippen molar-refractivity contribution in [2.75, 3.05) is 116 Å². The topological polar surface area (TPSA) is 377 Å². The minimum absolute atomic E-state index is 0.00551. The Balaban J connectivity index is 1.09. The zero-order chi connectivity index (χ0) is 71.0. The Kier molecular flexibility index (Phi) is 40.2. The highest BCUT2D eigenvalue weighted by atomic mass is 79.9. The van der Waals surface area contributed by atoms with Gasteiger partial charge in [-0.25, -0.2) is 9.59 Å². The fourth-order valence-electron chi connectivity index (χ4n) is 10.6. The van der Waals surface area contributed by atoms with Gasteiger partial charge < -0.3 is 94.8 Å². The summed E-state index contributed by atoms with van der Waals surface area (Å²) < 4.78 is 61.7. The zero-order valence-electron chi connectivity index (χ0n) is 57.4. The number of nitrogens with one attached hydrogen (secondary N) is 6. The smallest absolute Gasteiger partial charge is 0.407 e. The number of alkyl halides is 1. The monoisotopic (exact) mass is 1440 g/mol. The van der Waals surface area contributed by atoms with Crippen molar-refractivity contribution in [3.63, 3.8) is 0 Å². The number of aliphatic hydroxyl groups is 1. The van der Waals surface area contributed by atoms with Crippen LogP contribution in [0.2, 0.25) is 0 Å². The number of rotatable bonds is 49. The van der Waals surface area contributed by atoms with Gasteiger partial charge in [0.05, 0.1) is 122 Å². The second kappa shape index (κ2) is 46.9. The third-order valence-electron chi connectivity index (χ3n) is 16.1. The van der Waals surface area contributed by atoms with Crippen LogP contribution in [0.5, 0.6) is 0 Å². The van der Waals surface area contributed by atoms with Crippen LogP contribution in [0.25, 0.3) is 0 Å². The number of aliphatic hydroxyl groups excluding tert-OH is 1. The summed E-state index contributed by atoms with van der Waals surface area (Å²) in [7, 11) is 0. The number of allylic oxidation sites excluding steroid dienone is 2. The molecule has 3 heterocycles. The van der Waals surface area contributed by atoms with Crippen LogP contribution in [-0.2, 0) is 92.3 Å². The van der Waals surface area contributed by atoms with E-state index < -0.39 is 71.9 Å². The summed E-state index contributed by atoms with van der Waals surface area (Å²) in [6.07, 6.45) is 7.76. The van der Waals surface area contributed by atoms with E-state index in [-0.39, 0.29) is 130 Å². The molecular weight excluding hydrogens is 1330 g/mol. The summed E-state index contributed by atoms with van der Waals surface area (Å²) >= 11 is 3.08. The fourth-order valence-corrected chi connectivity index (χ4v) is 10.8. The van der Waals surface area contributed by atoms with Gasteiger partial charge in [0.2, 0.25) is 23.6 Å². The maximum absolute atomic E-state index is 13.8. The number of carbonyl (C=O) groups is 9. The number of epoxide rings is 1. The summed E-state index contributed by atoms with van der Waals surface area (Å²) in [6, 6.07) is 4.82. The molecule has 28 nitrogen and oxygen atoms in total. The van der Waals surface area contributed by atoms with Crippen molar-refractivity contribution in [3.8, 4) is 0 Å². The summed E-state index contributed by atoms with van der Waals surface area (Å²) in [5.74, 6) is -3.02. The number of anilines is 1. The first kappa shape index (κ1) is 83.2. The molecule has 7 amide bonds. The van der Waals surface area contributed by atoms with Crippen molar-refractivity contribution in [2.24, 2.45) is 23.5 Å². The second-order valence-corrected chi connectivity index (χ2v) is 25.2. The van der Waals surface area contributed by atoms with Gasteiger partial charge in [0, 0.05) is 76.3 Å². The lowest BCUT2D eigenvalue weighted by Gasteiger charge is -2.39. The fraction of sp³-hybridized carbons (Fsp3) is 0.691. The van der Waals surface area contributed by atoms with Crippen molar-refractivity contribution >= 4 is 74.9 Å². The maximum Gasteiger partial charge on any atom is 0.407 e. The number of amides is 7. The maximum atomic E-state index is 13.8. The van der Waals surface area contributed by atoms with Gasteiger partial charge in [-0.05, 0) is 88.5 Å². The first-order valence-electron chi connectivity index (χ1n) is 33.6. The minimum atomic E-state index is -0.915. The van der Waals surface area contributed by atoms with Gasteiger partial charge >= 0.3 is 18.1 Å². The molecule has 1 aromatic rings. The first-order valence-corrected chi connectivity index (χ1v) is 34.7. The van der Waals surface area contributed by atoms with E-state index in [2.05, 4.69) is 60.8 Å². The number of primary amides is 1. The van der Waals surface area contributed by atoms with Crippen molar-refractivity contribution in [1.29, 1.82) is 0 Å². The van der Waals surface area contributed by atoms with E-state index in [9.17, 15) is 48.3 Å². The minimum Gasteiger partial charge on any atom is -0.459 e. The summed E-state index contributed by atoms with van der Waals surface area (Å²) in [5.41, 5.74) is 6.45. The molecule has 3 aliphatic rings. The van der Waals surface area contributed by atoms with Crippen LogP contribution in [0.4, 0.5) is 15.3 Å². The van der Waals surface area contributed by atoms with Gasteiger partial charge in [0.1, 0.15) is 36.3 Å². The first-order chi connectivity index (χ1) is 46.5. The number of nitrogens with two attached hydrogens (primary N) is 1. The molecule has 0 radical (unpaired) electrons. The summed E-state index contributed by atoms with van der Waals surface area (Å²) in [5, 5.41) is 28.0. The van der Waals surface area contributed by atoms with Crippen LogP contribution in [0.3, 0.4) is 0 Å². The SMILES string of the molecule is CC(=O)O[C@@H](C)/C=C\C(=O)N[C@@H]1C[C@H](C)[C@H](C/C=C(C)/C=C/[C@H]2OC(CC(=O)CCCNC(=O)OCc3ccc(NC(=O)[C@H](CCCNC(N)=O)CC(=O)[C@@H](NC(=O)CCOCCOCCOCCOCCOCCOCCNC(=O)CBr)C(C)C)cc3)C[C@@]3(CO3)[C@@H]2O)O[C@@H]1C. The third kappa shape index (κ3) is 35.4. The predicted octanol–water partition coefficient (Wildman–Crippen LogP) is 4.74. The molecule has 3 fully saturated rings. The molecule has 0 saturated carbocycles. The third-order valence-corrected chi connectivity index (χ3v) is 16.6. The van der Waals surface area contributed by atoms with E-state index in [1.165, 1.54) is 19.1 Å². The van der Waals surface area contributed by atoms with Gasteiger partial charge in [-0.2, -0.15) is 0 Å². The molecule has 3 saturated heterocycles. The van der Waals surface area contributed by atoms with Crippen LogP contribution in [0, 0.1) is 17.8 Å².